The van der Waals surface area contributed by atoms with Gasteiger partial charge < -0.3 is 10.1 Å². The number of rotatable bonds is 7. The van der Waals surface area contributed by atoms with Crippen molar-refractivity contribution in [2.24, 2.45) is 5.92 Å². The number of aryl methyl sites for hydroxylation is 1. The lowest BCUT2D eigenvalue weighted by Gasteiger charge is -2.11. The SMILES string of the molecule is COCc1cccc(C(=O)[C@@H](C#N)C(=O)NCc2ccc(C)cc2)c1. The predicted octanol–water partition coefficient (Wildman–Crippen LogP) is 2.78. The predicted molar refractivity (Wildman–Crippen MR) is 93.6 cm³/mol. The van der Waals surface area contributed by atoms with Crippen LogP contribution in [-0.2, 0) is 22.7 Å². The molecule has 5 heteroatoms. The van der Waals surface area contributed by atoms with Crippen molar-refractivity contribution >= 4 is 11.7 Å². The lowest BCUT2D eigenvalue weighted by atomic mass is 9.96. The number of carbonyl (C=O) groups is 2. The van der Waals surface area contributed by atoms with E-state index in [0.29, 0.717) is 12.2 Å². The molecule has 0 aliphatic carbocycles. The fourth-order valence-corrected chi connectivity index (χ4v) is 2.38. The second-order valence-electron chi connectivity index (χ2n) is 5.76. The molecule has 5 nitrogen and oxygen atoms in total. The van der Waals surface area contributed by atoms with E-state index in [1.807, 2.05) is 37.3 Å². The van der Waals surface area contributed by atoms with Gasteiger partial charge in [0, 0.05) is 19.2 Å². The zero-order chi connectivity index (χ0) is 18.2. The summed E-state index contributed by atoms with van der Waals surface area (Å²) in [5.74, 6) is -2.48. The normalized spacial score (nSPS) is 11.4. The highest BCUT2D eigenvalue weighted by Gasteiger charge is 2.27. The number of methoxy groups -OCH3 is 1. The third kappa shape index (κ3) is 5.00. The Morgan fingerprint density at radius 1 is 1.16 bits per heavy atom. The lowest BCUT2D eigenvalue weighted by molar-refractivity contribution is -0.122. The summed E-state index contributed by atoms with van der Waals surface area (Å²) in [5, 5.41) is 11.9. The van der Waals surface area contributed by atoms with E-state index in [9.17, 15) is 14.9 Å². The highest BCUT2D eigenvalue weighted by Crippen LogP contribution is 2.13. The first-order valence-electron chi connectivity index (χ1n) is 7.90. The first-order valence-corrected chi connectivity index (χ1v) is 7.90. The Kier molecular flexibility index (Phi) is 6.44. The second-order valence-corrected chi connectivity index (χ2v) is 5.76. The minimum absolute atomic E-state index is 0.272. The molecule has 0 bridgehead atoms. The standard InChI is InChI=1S/C20H20N2O3/c1-14-6-8-15(9-7-14)12-22-20(24)18(11-21)19(23)17-5-3-4-16(10-17)13-25-2/h3-10,18H,12-13H2,1-2H3,(H,22,24)/t18-/m1/s1. The molecule has 0 unspecified atom stereocenters. The van der Waals surface area contributed by atoms with Crippen molar-refractivity contribution < 1.29 is 14.3 Å². The van der Waals surface area contributed by atoms with E-state index in [2.05, 4.69) is 5.32 Å². The number of nitrogens with one attached hydrogen (secondary N) is 1. The quantitative estimate of drug-likeness (QED) is 0.623. The van der Waals surface area contributed by atoms with Crippen LogP contribution in [0.2, 0.25) is 0 Å². The summed E-state index contributed by atoms with van der Waals surface area (Å²) in [6, 6.07) is 16.2. The van der Waals surface area contributed by atoms with Crippen LogP contribution < -0.4 is 5.32 Å². The van der Waals surface area contributed by atoms with Gasteiger partial charge >= 0.3 is 0 Å². The summed E-state index contributed by atoms with van der Waals surface area (Å²) >= 11 is 0. The van der Waals surface area contributed by atoms with Gasteiger partial charge in [-0.2, -0.15) is 5.26 Å². The van der Waals surface area contributed by atoms with Crippen molar-refractivity contribution in [1.29, 1.82) is 5.26 Å². The molecule has 2 rings (SSSR count). The molecule has 0 spiro atoms. The van der Waals surface area contributed by atoms with Crippen molar-refractivity contribution in [2.75, 3.05) is 7.11 Å². The van der Waals surface area contributed by atoms with Crippen molar-refractivity contribution in [3.05, 3.63) is 70.8 Å². The molecule has 25 heavy (non-hydrogen) atoms. The maximum atomic E-state index is 12.5. The first-order chi connectivity index (χ1) is 12.0. The number of hydrogen-bond acceptors (Lipinski definition) is 4. The Balaban J connectivity index is 2.06. The van der Waals surface area contributed by atoms with Crippen LogP contribution in [0.25, 0.3) is 0 Å². The van der Waals surface area contributed by atoms with Crippen LogP contribution >= 0.6 is 0 Å². The van der Waals surface area contributed by atoms with Crippen LogP contribution in [0.4, 0.5) is 0 Å². The van der Waals surface area contributed by atoms with Crippen molar-refractivity contribution in [2.45, 2.75) is 20.1 Å². The average Bonchev–Trinajstić information content (AvgIpc) is 2.62. The van der Waals surface area contributed by atoms with Crippen LogP contribution in [0.3, 0.4) is 0 Å². The van der Waals surface area contributed by atoms with Crippen molar-refractivity contribution in [1.82, 2.24) is 5.32 Å². The topological polar surface area (TPSA) is 79.2 Å². The maximum Gasteiger partial charge on any atom is 0.245 e. The summed E-state index contributed by atoms with van der Waals surface area (Å²) in [4.78, 5) is 24.8. The molecule has 0 saturated heterocycles. The van der Waals surface area contributed by atoms with Crippen LogP contribution in [-0.4, -0.2) is 18.8 Å². The Morgan fingerprint density at radius 3 is 2.52 bits per heavy atom. The molecule has 0 fully saturated rings. The van der Waals surface area contributed by atoms with Gasteiger partial charge in [-0.1, -0.05) is 48.0 Å². The molecule has 2 aromatic carbocycles. The Hall–Kier alpha value is -2.97. The number of amides is 1. The number of ether oxygens (including phenoxy) is 1. The Bertz CT molecular complexity index is 791. The van der Waals surface area contributed by atoms with E-state index < -0.39 is 17.6 Å². The number of ketones is 1. The summed E-state index contributed by atoms with van der Waals surface area (Å²) in [6.45, 7) is 2.61. The molecule has 0 heterocycles. The van der Waals surface area contributed by atoms with E-state index in [1.165, 1.54) is 0 Å². The van der Waals surface area contributed by atoms with Gasteiger partial charge in [0.05, 0.1) is 12.7 Å². The monoisotopic (exact) mass is 336 g/mol. The molecule has 2 aromatic rings. The number of Topliss-reactive ketones (excluding diaryl/α,β-unsaturated/α-hetero) is 1. The van der Waals surface area contributed by atoms with E-state index in [0.717, 1.165) is 16.7 Å². The van der Waals surface area contributed by atoms with Crippen LogP contribution in [0.5, 0.6) is 0 Å². The van der Waals surface area contributed by atoms with Crippen LogP contribution in [0.1, 0.15) is 27.0 Å². The van der Waals surface area contributed by atoms with Gasteiger partial charge in [0.2, 0.25) is 5.91 Å². The highest BCUT2D eigenvalue weighted by atomic mass is 16.5. The van der Waals surface area contributed by atoms with Gasteiger partial charge in [-0.05, 0) is 24.1 Å². The Labute approximate surface area is 147 Å². The number of carbonyl (C=O) groups excluding carboxylic acids is 2. The molecular weight excluding hydrogens is 316 g/mol. The van der Waals surface area contributed by atoms with Gasteiger partial charge in [-0.15, -0.1) is 0 Å². The van der Waals surface area contributed by atoms with Gasteiger partial charge in [-0.3, -0.25) is 9.59 Å². The van der Waals surface area contributed by atoms with Crippen molar-refractivity contribution in [3.8, 4) is 6.07 Å². The molecule has 1 atom stereocenters. The smallest absolute Gasteiger partial charge is 0.245 e. The fourth-order valence-electron chi connectivity index (χ4n) is 2.38. The van der Waals surface area contributed by atoms with E-state index >= 15 is 0 Å². The molecule has 1 amide bonds. The summed E-state index contributed by atoms with van der Waals surface area (Å²) < 4.78 is 5.04. The zero-order valence-corrected chi connectivity index (χ0v) is 14.3. The van der Waals surface area contributed by atoms with Crippen LogP contribution in [0.15, 0.2) is 48.5 Å². The summed E-state index contributed by atoms with van der Waals surface area (Å²) in [7, 11) is 1.56. The van der Waals surface area contributed by atoms with Crippen LogP contribution in [0, 0.1) is 24.2 Å². The maximum absolute atomic E-state index is 12.5. The van der Waals surface area contributed by atoms with E-state index in [1.54, 1.807) is 31.4 Å². The second kappa shape index (κ2) is 8.76. The number of hydrogen-bond donors (Lipinski definition) is 1. The molecule has 0 saturated carbocycles. The molecule has 1 N–H and O–H groups in total. The molecule has 0 aliphatic heterocycles. The largest absolute Gasteiger partial charge is 0.380 e. The van der Waals surface area contributed by atoms with Gasteiger partial charge in [-0.25, -0.2) is 0 Å². The number of nitrogens with zero attached hydrogens (tertiary/aromatic N) is 1. The average molecular weight is 336 g/mol. The van der Waals surface area contributed by atoms with E-state index in [-0.39, 0.29) is 6.54 Å². The van der Waals surface area contributed by atoms with Crippen molar-refractivity contribution in [3.63, 3.8) is 0 Å². The molecule has 0 aliphatic rings. The molecule has 128 valence electrons. The fraction of sp³-hybridized carbons (Fsp3) is 0.250. The van der Waals surface area contributed by atoms with Gasteiger partial charge in [0.25, 0.3) is 0 Å². The summed E-state index contributed by atoms with van der Waals surface area (Å²) in [5.41, 5.74) is 3.16. The first kappa shape index (κ1) is 18.4. The minimum atomic E-state index is -1.37. The number of benzene rings is 2. The zero-order valence-electron chi connectivity index (χ0n) is 14.3. The highest BCUT2D eigenvalue weighted by molar-refractivity contribution is 6.12. The Morgan fingerprint density at radius 2 is 1.88 bits per heavy atom. The number of nitriles is 1. The van der Waals surface area contributed by atoms with E-state index in [4.69, 9.17) is 4.74 Å². The van der Waals surface area contributed by atoms with Gasteiger partial charge in [0.15, 0.2) is 11.7 Å². The third-order valence-corrected chi connectivity index (χ3v) is 3.76. The third-order valence-electron chi connectivity index (χ3n) is 3.76. The minimum Gasteiger partial charge on any atom is -0.380 e. The lowest BCUT2D eigenvalue weighted by Crippen LogP contribution is -2.34. The molecular formula is C20H20N2O3. The summed E-state index contributed by atoms with van der Waals surface area (Å²) in [6.07, 6.45) is 0. The molecule has 0 aromatic heterocycles. The molecule has 0 radical (unpaired) electrons. The van der Waals surface area contributed by atoms with Gasteiger partial charge in [0.1, 0.15) is 0 Å².